The summed E-state index contributed by atoms with van der Waals surface area (Å²) in [6, 6.07) is 15.5. The van der Waals surface area contributed by atoms with E-state index in [0.717, 1.165) is 39.4 Å². The summed E-state index contributed by atoms with van der Waals surface area (Å²) in [4.78, 5) is 26.5. The molecule has 3 aromatic carbocycles. The molecule has 4 nitrogen and oxygen atoms in total. The van der Waals surface area contributed by atoms with Crippen molar-refractivity contribution < 1.29 is 18.4 Å². The van der Waals surface area contributed by atoms with Crippen molar-refractivity contribution in [3.63, 3.8) is 0 Å². The van der Waals surface area contributed by atoms with Gasteiger partial charge in [-0.15, -0.1) is 0 Å². The van der Waals surface area contributed by atoms with Crippen molar-refractivity contribution in [3.8, 4) is 0 Å². The fourth-order valence-electron chi connectivity index (χ4n) is 3.50. The Balaban J connectivity index is 1.72. The smallest absolute Gasteiger partial charge is 0.319 e. The first-order valence-electron chi connectivity index (χ1n) is 8.46. The zero-order valence-corrected chi connectivity index (χ0v) is 14.5. The van der Waals surface area contributed by atoms with Crippen molar-refractivity contribution in [2.75, 3.05) is 0 Å². The first kappa shape index (κ1) is 17.1. The number of carbonyl (C=O) groups is 2. The van der Waals surface area contributed by atoms with Crippen LogP contribution in [0.5, 0.6) is 0 Å². The third-order valence-electron chi connectivity index (χ3n) is 4.95. The largest absolute Gasteiger partial charge is 0.325 e. The first-order valence-corrected chi connectivity index (χ1v) is 8.46. The van der Waals surface area contributed by atoms with Crippen LogP contribution in [-0.2, 0) is 16.9 Å². The van der Waals surface area contributed by atoms with Crippen LogP contribution in [0.2, 0.25) is 0 Å². The number of hydrogen-bond acceptors (Lipinski definition) is 2. The molecule has 3 amide bonds. The zero-order chi connectivity index (χ0) is 19.2. The van der Waals surface area contributed by atoms with E-state index in [2.05, 4.69) is 5.32 Å². The molecule has 1 aliphatic rings. The van der Waals surface area contributed by atoms with E-state index in [0.29, 0.717) is 0 Å². The first-order chi connectivity index (χ1) is 12.9. The highest BCUT2D eigenvalue weighted by atomic mass is 19.1. The van der Waals surface area contributed by atoms with Crippen LogP contribution in [0.4, 0.5) is 13.6 Å². The average molecular weight is 366 g/mol. The lowest BCUT2D eigenvalue weighted by molar-refractivity contribution is -0.131. The molecule has 0 spiro atoms. The standard InChI is InChI=1S/C21H16F2N2O2/c1-21(17-11-15(22)9-10-18(17)23)19(26)25(20(27)24-21)12-14-7-4-6-13-5-2-3-8-16(13)14/h2-11H,12H2,1H3,(H,24,27)/t21-/m1/s1. The monoisotopic (exact) mass is 366 g/mol. The minimum atomic E-state index is -1.66. The molecule has 0 bridgehead atoms. The lowest BCUT2D eigenvalue weighted by Gasteiger charge is -2.23. The summed E-state index contributed by atoms with van der Waals surface area (Å²) in [7, 11) is 0. The Morgan fingerprint density at radius 1 is 1.00 bits per heavy atom. The van der Waals surface area contributed by atoms with Gasteiger partial charge in [0.1, 0.15) is 17.2 Å². The van der Waals surface area contributed by atoms with Crippen LogP contribution < -0.4 is 5.32 Å². The Morgan fingerprint density at radius 3 is 2.56 bits per heavy atom. The van der Waals surface area contributed by atoms with Crippen molar-refractivity contribution in [1.29, 1.82) is 0 Å². The molecule has 136 valence electrons. The number of nitrogens with zero attached hydrogens (tertiary/aromatic N) is 1. The molecule has 1 saturated heterocycles. The molecule has 4 rings (SSSR count). The number of imide groups is 1. The lowest BCUT2D eigenvalue weighted by Crippen LogP contribution is -2.41. The summed E-state index contributed by atoms with van der Waals surface area (Å²) in [5, 5.41) is 4.42. The van der Waals surface area contributed by atoms with E-state index >= 15 is 0 Å². The lowest BCUT2D eigenvalue weighted by atomic mass is 9.91. The van der Waals surface area contributed by atoms with Crippen molar-refractivity contribution in [2.45, 2.75) is 19.0 Å². The van der Waals surface area contributed by atoms with Crippen molar-refractivity contribution >= 4 is 22.7 Å². The summed E-state index contributed by atoms with van der Waals surface area (Å²) in [5.74, 6) is -2.05. The number of nitrogens with one attached hydrogen (secondary N) is 1. The topological polar surface area (TPSA) is 49.4 Å². The van der Waals surface area contributed by atoms with Crippen LogP contribution in [0.15, 0.2) is 60.7 Å². The molecule has 1 N–H and O–H groups in total. The van der Waals surface area contributed by atoms with Crippen molar-refractivity contribution in [1.82, 2.24) is 10.2 Å². The van der Waals surface area contributed by atoms with Crippen LogP contribution in [0.1, 0.15) is 18.1 Å². The second-order valence-electron chi connectivity index (χ2n) is 6.71. The van der Waals surface area contributed by atoms with Gasteiger partial charge in [0.2, 0.25) is 0 Å². The summed E-state index contributed by atoms with van der Waals surface area (Å²) in [6.07, 6.45) is 0. The summed E-state index contributed by atoms with van der Waals surface area (Å²) >= 11 is 0. The van der Waals surface area contributed by atoms with E-state index in [9.17, 15) is 18.4 Å². The predicted octanol–water partition coefficient (Wildman–Crippen LogP) is 4.09. The van der Waals surface area contributed by atoms with Crippen LogP contribution in [0, 0.1) is 11.6 Å². The average Bonchev–Trinajstić information content (AvgIpc) is 2.88. The molecule has 6 heteroatoms. The highest BCUT2D eigenvalue weighted by Gasteiger charge is 2.50. The van der Waals surface area contributed by atoms with E-state index in [1.807, 2.05) is 42.5 Å². The Bertz CT molecular complexity index is 1080. The third-order valence-corrected chi connectivity index (χ3v) is 4.95. The number of benzene rings is 3. The number of hydrogen-bond donors (Lipinski definition) is 1. The molecule has 0 unspecified atom stereocenters. The van der Waals surface area contributed by atoms with E-state index in [-0.39, 0.29) is 12.1 Å². The number of amides is 3. The van der Waals surface area contributed by atoms with Gasteiger partial charge in [-0.3, -0.25) is 9.69 Å². The minimum Gasteiger partial charge on any atom is -0.319 e. The van der Waals surface area contributed by atoms with Gasteiger partial charge in [0.15, 0.2) is 0 Å². The number of carbonyl (C=O) groups excluding carboxylic acids is 2. The number of fused-ring (bicyclic) bond motifs is 1. The molecular formula is C21H16F2N2O2. The van der Waals surface area contributed by atoms with Gasteiger partial charge in [-0.2, -0.15) is 0 Å². The molecule has 0 aliphatic carbocycles. The van der Waals surface area contributed by atoms with E-state index < -0.39 is 29.1 Å². The maximum atomic E-state index is 14.2. The number of halogens is 2. The SMILES string of the molecule is C[C@]1(c2cc(F)ccc2F)NC(=O)N(Cc2cccc3ccccc23)C1=O. The summed E-state index contributed by atoms with van der Waals surface area (Å²) < 4.78 is 27.8. The van der Waals surface area contributed by atoms with E-state index in [4.69, 9.17) is 0 Å². The van der Waals surface area contributed by atoms with E-state index in [1.54, 1.807) is 0 Å². The van der Waals surface area contributed by atoms with Gasteiger partial charge in [-0.25, -0.2) is 13.6 Å². The van der Waals surface area contributed by atoms with E-state index in [1.165, 1.54) is 6.92 Å². The molecule has 1 fully saturated rings. The van der Waals surface area contributed by atoms with Gasteiger partial charge in [0, 0.05) is 5.56 Å². The van der Waals surface area contributed by atoms with Crippen LogP contribution in [0.3, 0.4) is 0 Å². The van der Waals surface area contributed by atoms with Crippen LogP contribution in [0.25, 0.3) is 10.8 Å². The van der Waals surface area contributed by atoms with Gasteiger partial charge < -0.3 is 5.32 Å². The molecule has 0 saturated carbocycles. The quantitative estimate of drug-likeness (QED) is 0.710. The maximum Gasteiger partial charge on any atom is 0.325 e. The third kappa shape index (κ3) is 2.73. The normalized spacial score (nSPS) is 19.6. The van der Waals surface area contributed by atoms with Crippen LogP contribution in [-0.4, -0.2) is 16.8 Å². The Labute approximate surface area is 154 Å². The van der Waals surface area contributed by atoms with Gasteiger partial charge >= 0.3 is 6.03 Å². The Kier molecular flexibility index (Phi) is 3.91. The number of rotatable bonds is 3. The molecule has 1 aliphatic heterocycles. The van der Waals surface area contributed by atoms with Crippen LogP contribution >= 0.6 is 0 Å². The molecule has 0 aromatic heterocycles. The summed E-state index contributed by atoms with van der Waals surface area (Å²) in [5.41, 5.74) is -1.06. The fraction of sp³-hybridized carbons (Fsp3) is 0.143. The second-order valence-corrected chi connectivity index (χ2v) is 6.71. The molecule has 1 atom stereocenters. The second kappa shape index (κ2) is 6.16. The van der Waals surface area contributed by atoms with Gasteiger partial charge in [-0.05, 0) is 41.5 Å². The highest BCUT2D eigenvalue weighted by molar-refractivity contribution is 6.07. The molecule has 27 heavy (non-hydrogen) atoms. The Morgan fingerprint density at radius 2 is 1.74 bits per heavy atom. The molecule has 3 aromatic rings. The van der Waals surface area contributed by atoms with Gasteiger partial charge in [0.25, 0.3) is 5.91 Å². The highest BCUT2D eigenvalue weighted by Crippen LogP contribution is 2.32. The zero-order valence-electron chi connectivity index (χ0n) is 14.5. The Hall–Kier alpha value is -3.28. The molecule has 0 radical (unpaired) electrons. The maximum absolute atomic E-state index is 14.2. The predicted molar refractivity (Wildman–Crippen MR) is 96.7 cm³/mol. The molecular weight excluding hydrogens is 350 g/mol. The minimum absolute atomic E-state index is 0.0402. The van der Waals surface area contributed by atoms with Gasteiger partial charge in [0.05, 0.1) is 6.54 Å². The van der Waals surface area contributed by atoms with Crippen molar-refractivity contribution in [2.24, 2.45) is 0 Å². The summed E-state index contributed by atoms with van der Waals surface area (Å²) in [6.45, 7) is 1.42. The fourth-order valence-corrected chi connectivity index (χ4v) is 3.50. The molecule has 1 heterocycles. The number of urea groups is 1. The van der Waals surface area contributed by atoms with Gasteiger partial charge in [-0.1, -0.05) is 42.5 Å². The van der Waals surface area contributed by atoms with Crippen molar-refractivity contribution in [3.05, 3.63) is 83.4 Å².